The van der Waals surface area contributed by atoms with Gasteiger partial charge < -0.3 is 15.2 Å². The van der Waals surface area contributed by atoms with E-state index in [2.05, 4.69) is 56.1 Å². The van der Waals surface area contributed by atoms with Crippen LogP contribution in [0, 0.1) is 17.8 Å². The van der Waals surface area contributed by atoms with Gasteiger partial charge in [-0.15, -0.1) is 0 Å². The summed E-state index contributed by atoms with van der Waals surface area (Å²) < 4.78 is 7.67. The van der Waals surface area contributed by atoms with E-state index in [1.54, 1.807) is 17.5 Å². The van der Waals surface area contributed by atoms with Crippen LogP contribution in [0.5, 0.6) is 0 Å². The number of carboxylic acids is 1. The maximum absolute atomic E-state index is 12.9. The molecule has 0 unspecified atom stereocenters. The molecule has 8 nitrogen and oxygen atoms in total. The number of carbonyl (C=O) groups excluding carboxylic acids is 1. The molecule has 198 valence electrons. The van der Waals surface area contributed by atoms with Crippen molar-refractivity contribution in [3.63, 3.8) is 0 Å². The first-order valence-electron chi connectivity index (χ1n) is 12.8. The number of rotatable bonds is 7. The van der Waals surface area contributed by atoms with Crippen LogP contribution < -0.4 is 5.32 Å². The fraction of sp³-hybridized carbons (Fsp3) is 0.643. The number of amides is 1. The zero-order valence-corrected chi connectivity index (χ0v) is 23.3. The second kappa shape index (κ2) is 9.96. The number of aromatic nitrogens is 3. The van der Waals surface area contributed by atoms with Crippen molar-refractivity contribution in [1.82, 2.24) is 19.9 Å². The number of nitrogens with zero attached hydrogens (tertiary/aromatic N) is 3. The molecule has 3 rings (SSSR count). The molecule has 2 aromatic heterocycles. The Bertz CT molecular complexity index is 1180. The van der Waals surface area contributed by atoms with Crippen LogP contribution in [0.1, 0.15) is 115 Å². The van der Waals surface area contributed by atoms with Crippen molar-refractivity contribution in [2.24, 2.45) is 10.8 Å². The first-order valence-corrected chi connectivity index (χ1v) is 12.8. The number of hydrogen-bond acceptors (Lipinski definition) is 5. The summed E-state index contributed by atoms with van der Waals surface area (Å²) >= 11 is 0. The largest absolute Gasteiger partial charge is 0.479 e. The average molecular weight is 499 g/mol. The molecule has 2 N–H and O–H groups in total. The number of aliphatic carboxylic acids is 1. The molecule has 1 amide bonds. The van der Waals surface area contributed by atoms with E-state index >= 15 is 0 Å². The lowest BCUT2D eigenvalue weighted by Gasteiger charge is -2.31. The molecule has 0 saturated heterocycles. The maximum Gasteiger partial charge on any atom is 0.337 e. The van der Waals surface area contributed by atoms with Gasteiger partial charge in [0, 0.05) is 23.9 Å². The second-order valence-corrected chi connectivity index (χ2v) is 12.9. The third-order valence-corrected chi connectivity index (χ3v) is 6.46. The summed E-state index contributed by atoms with van der Waals surface area (Å²) in [5.74, 6) is -1.35. The lowest BCUT2D eigenvalue weighted by molar-refractivity contribution is -0.160. The first kappa shape index (κ1) is 27.8. The molecule has 0 spiro atoms. The van der Waals surface area contributed by atoms with Crippen LogP contribution >= 0.6 is 0 Å². The molecular formula is C28H42N4O4. The number of aryl methyl sites for hydroxylation is 1. The van der Waals surface area contributed by atoms with Crippen LogP contribution in [-0.2, 0) is 9.53 Å². The summed E-state index contributed by atoms with van der Waals surface area (Å²) in [5, 5.41) is 17.8. The Morgan fingerprint density at radius 2 is 1.89 bits per heavy atom. The van der Waals surface area contributed by atoms with Crippen LogP contribution in [0.15, 0.2) is 12.1 Å². The van der Waals surface area contributed by atoms with Crippen molar-refractivity contribution < 1.29 is 19.4 Å². The Hall–Kier alpha value is -2.74. The second-order valence-electron chi connectivity index (χ2n) is 12.9. The van der Waals surface area contributed by atoms with Crippen LogP contribution in [0.25, 0.3) is 11.2 Å². The van der Waals surface area contributed by atoms with E-state index in [9.17, 15) is 14.7 Å². The molecule has 0 fully saturated rings. The SMILES string of the molecule is Cc1nc2cc(C(=O)NCCC(C)(C)C)nn2c(C2=CCC(C)(C)CC2)c1[C@H](OC(C)(C)C)C(=O)O. The highest BCUT2D eigenvalue weighted by molar-refractivity contribution is 5.93. The molecule has 1 atom stereocenters. The highest BCUT2D eigenvalue weighted by atomic mass is 16.5. The van der Waals surface area contributed by atoms with Gasteiger partial charge in [0.15, 0.2) is 17.4 Å². The third kappa shape index (κ3) is 6.72. The number of carboxylic acid groups (broad SMARTS) is 1. The van der Waals surface area contributed by atoms with Crippen LogP contribution in [0.2, 0.25) is 0 Å². The van der Waals surface area contributed by atoms with E-state index in [0.717, 1.165) is 31.3 Å². The van der Waals surface area contributed by atoms with E-state index < -0.39 is 17.7 Å². The van der Waals surface area contributed by atoms with E-state index in [4.69, 9.17) is 4.74 Å². The van der Waals surface area contributed by atoms with Crippen molar-refractivity contribution in [2.45, 2.75) is 99.7 Å². The first-order chi connectivity index (χ1) is 16.5. The molecule has 0 bridgehead atoms. The maximum atomic E-state index is 12.9. The number of nitrogens with one attached hydrogen (secondary N) is 1. The van der Waals surface area contributed by atoms with E-state index in [-0.39, 0.29) is 22.4 Å². The van der Waals surface area contributed by atoms with Gasteiger partial charge in [-0.2, -0.15) is 5.10 Å². The molecule has 8 heteroatoms. The van der Waals surface area contributed by atoms with Gasteiger partial charge in [-0.3, -0.25) is 4.79 Å². The Morgan fingerprint density at radius 1 is 1.22 bits per heavy atom. The van der Waals surface area contributed by atoms with Gasteiger partial charge in [0.2, 0.25) is 0 Å². The Kier molecular flexibility index (Phi) is 7.70. The summed E-state index contributed by atoms with van der Waals surface area (Å²) in [5.41, 5.74) is 3.07. The highest BCUT2D eigenvalue weighted by Crippen LogP contribution is 2.41. The van der Waals surface area contributed by atoms with Crippen molar-refractivity contribution in [1.29, 1.82) is 0 Å². The van der Waals surface area contributed by atoms with Gasteiger partial charge in [-0.05, 0) is 69.8 Å². The van der Waals surface area contributed by atoms with Gasteiger partial charge in [0.25, 0.3) is 5.91 Å². The number of allylic oxidation sites excluding steroid dienone is 2. The van der Waals surface area contributed by atoms with Crippen molar-refractivity contribution in [3.05, 3.63) is 34.8 Å². The fourth-order valence-corrected chi connectivity index (χ4v) is 4.39. The number of hydrogen-bond donors (Lipinski definition) is 2. The normalized spacial score (nSPS) is 17.1. The van der Waals surface area contributed by atoms with Gasteiger partial charge >= 0.3 is 5.97 Å². The highest BCUT2D eigenvalue weighted by Gasteiger charge is 2.35. The molecule has 1 aliphatic carbocycles. The van der Waals surface area contributed by atoms with Crippen LogP contribution in [0.3, 0.4) is 0 Å². The quantitative estimate of drug-likeness (QED) is 0.504. The average Bonchev–Trinajstić information content (AvgIpc) is 3.13. The van der Waals surface area contributed by atoms with Crippen molar-refractivity contribution in [3.8, 4) is 0 Å². The predicted molar refractivity (Wildman–Crippen MR) is 141 cm³/mol. The Labute approximate surface area is 214 Å². The zero-order valence-electron chi connectivity index (χ0n) is 23.3. The zero-order chi connectivity index (χ0) is 27.1. The van der Waals surface area contributed by atoms with Gasteiger partial charge in [-0.1, -0.05) is 40.7 Å². The Balaban J connectivity index is 2.16. The summed E-state index contributed by atoms with van der Waals surface area (Å²) in [6, 6.07) is 1.67. The topological polar surface area (TPSA) is 106 Å². The van der Waals surface area contributed by atoms with Gasteiger partial charge in [0.1, 0.15) is 0 Å². The van der Waals surface area contributed by atoms with Crippen molar-refractivity contribution >= 4 is 23.1 Å². The minimum Gasteiger partial charge on any atom is -0.479 e. The molecular weight excluding hydrogens is 456 g/mol. The van der Waals surface area contributed by atoms with Crippen LogP contribution in [-0.4, -0.2) is 43.7 Å². The molecule has 2 heterocycles. The smallest absolute Gasteiger partial charge is 0.337 e. The lowest BCUT2D eigenvalue weighted by Crippen LogP contribution is -2.30. The monoisotopic (exact) mass is 498 g/mol. The minimum absolute atomic E-state index is 0.104. The van der Waals surface area contributed by atoms with E-state index in [1.807, 2.05) is 20.8 Å². The molecule has 2 aromatic rings. The van der Waals surface area contributed by atoms with E-state index in [0.29, 0.717) is 29.1 Å². The van der Waals surface area contributed by atoms with Gasteiger partial charge in [0.05, 0.1) is 11.3 Å². The number of ether oxygens (including phenoxy) is 1. The van der Waals surface area contributed by atoms with Crippen molar-refractivity contribution in [2.75, 3.05) is 6.54 Å². The number of fused-ring (bicyclic) bond motifs is 1. The fourth-order valence-electron chi connectivity index (χ4n) is 4.39. The summed E-state index contributed by atoms with van der Waals surface area (Å²) in [7, 11) is 0. The standard InChI is InChI=1S/C28H42N4O4/c1-17-21(23(25(34)35)36-27(5,6)7)22(18-10-12-28(8,9)13-11-18)32-20(30-17)16-19(31-32)24(33)29-15-14-26(2,3)4/h10,16,23H,11-15H2,1-9H3,(H,29,33)(H,34,35)/t23-/m0/s1. The van der Waals surface area contributed by atoms with E-state index in [1.165, 1.54) is 0 Å². The molecule has 0 aliphatic heterocycles. The van der Waals surface area contributed by atoms with Gasteiger partial charge in [-0.25, -0.2) is 14.3 Å². The third-order valence-electron chi connectivity index (χ3n) is 6.46. The summed E-state index contributed by atoms with van der Waals surface area (Å²) in [4.78, 5) is 30.0. The molecule has 0 aromatic carbocycles. The number of carbonyl (C=O) groups is 2. The molecule has 1 aliphatic rings. The summed E-state index contributed by atoms with van der Waals surface area (Å²) in [6.07, 6.45) is 4.38. The lowest BCUT2D eigenvalue weighted by atomic mass is 9.77. The molecule has 0 radical (unpaired) electrons. The van der Waals surface area contributed by atoms with Crippen LogP contribution in [0.4, 0.5) is 0 Å². The molecule has 36 heavy (non-hydrogen) atoms. The summed E-state index contributed by atoms with van der Waals surface area (Å²) in [6.45, 7) is 18.7. The predicted octanol–water partition coefficient (Wildman–Crippen LogP) is 5.74. The Morgan fingerprint density at radius 3 is 2.42 bits per heavy atom. The minimum atomic E-state index is -1.22. The molecule has 0 saturated carbocycles.